The summed E-state index contributed by atoms with van der Waals surface area (Å²) in [6.07, 6.45) is -0.538. The third-order valence-electron chi connectivity index (χ3n) is 3.87. The van der Waals surface area contributed by atoms with Crippen LogP contribution in [0.5, 0.6) is 0 Å². The van der Waals surface area contributed by atoms with Gasteiger partial charge in [-0.05, 0) is 19.1 Å². The SMILES string of the molecule is COCCOC(=O)N1CCN([S+]([O-])c2ccc(C)cc2)[C@@H](C(N)=O)C1. The van der Waals surface area contributed by atoms with Gasteiger partial charge in [-0.1, -0.05) is 17.7 Å². The van der Waals surface area contributed by atoms with Crippen LogP contribution in [0.25, 0.3) is 0 Å². The minimum atomic E-state index is -1.53. The summed E-state index contributed by atoms with van der Waals surface area (Å²) >= 11 is -1.53. The molecule has 9 heteroatoms. The molecule has 25 heavy (non-hydrogen) atoms. The zero-order chi connectivity index (χ0) is 18.4. The van der Waals surface area contributed by atoms with Crippen LogP contribution in [0.3, 0.4) is 0 Å². The molecule has 0 radical (unpaired) electrons. The number of hydrogen-bond acceptors (Lipinski definition) is 6. The van der Waals surface area contributed by atoms with E-state index in [1.807, 2.05) is 19.1 Å². The van der Waals surface area contributed by atoms with E-state index >= 15 is 0 Å². The van der Waals surface area contributed by atoms with Gasteiger partial charge in [-0.15, -0.1) is 4.31 Å². The Morgan fingerprint density at radius 3 is 2.56 bits per heavy atom. The zero-order valence-electron chi connectivity index (χ0n) is 14.3. The molecule has 1 unspecified atom stereocenters. The van der Waals surface area contributed by atoms with Crippen molar-refractivity contribution in [2.45, 2.75) is 17.9 Å². The van der Waals surface area contributed by atoms with E-state index < -0.39 is 29.4 Å². The van der Waals surface area contributed by atoms with Crippen molar-refractivity contribution < 1.29 is 23.6 Å². The molecule has 2 amide bonds. The Balaban J connectivity index is 2.05. The number of rotatable bonds is 6. The number of ether oxygens (including phenoxy) is 2. The predicted molar refractivity (Wildman–Crippen MR) is 92.1 cm³/mol. The van der Waals surface area contributed by atoms with Gasteiger partial charge in [-0.2, -0.15) is 0 Å². The van der Waals surface area contributed by atoms with Crippen molar-refractivity contribution in [2.24, 2.45) is 5.73 Å². The maximum atomic E-state index is 12.8. The van der Waals surface area contributed by atoms with Crippen molar-refractivity contribution in [3.05, 3.63) is 29.8 Å². The summed E-state index contributed by atoms with van der Waals surface area (Å²) in [5, 5.41) is 0. The number of amides is 2. The van der Waals surface area contributed by atoms with Gasteiger partial charge in [0, 0.05) is 13.7 Å². The summed E-state index contributed by atoms with van der Waals surface area (Å²) in [6, 6.07) is 6.39. The molecule has 1 aromatic carbocycles. The molecule has 1 aliphatic rings. The summed E-state index contributed by atoms with van der Waals surface area (Å²) in [6.45, 7) is 2.96. The predicted octanol–water partition coefficient (Wildman–Crippen LogP) is 0.272. The molecule has 1 fully saturated rings. The van der Waals surface area contributed by atoms with E-state index in [4.69, 9.17) is 15.2 Å². The van der Waals surface area contributed by atoms with E-state index in [1.165, 1.54) is 16.3 Å². The molecule has 2 atom stereocenters. The highest BCUT2D eigenvalue weighted by molar-refractivity contribution is 7.89. The Hall–Kier alpha value is -1.81. The molecule has 0 bridgehead atoms. The summed E-state index contributed by atoms with van der Waals surface area (Å²) in [4.78, 5) is 25.8. The largest absolute Gasteiger partial charge is 0.593 e. The molecule has 0 spiro atoms. The van der Waals surface area contributed by atoms with E-state index in [0.29, 0.717) is 18.0 Å². The molecular weight excluding hydrogens is 346 g/mol. The van der Waals surface area contributed by atoms with Crippen LogP contribution in [0.2, 0.25) is 0 Å². The van der Waals surface area contributed by atoms with Gasteiger partial charge >= 0.3 is 6.09 Å². The van der Waals surface area contributed by atoms with Gasteiger partial charge in [-0.3, -0.25) is 4.79 Å². The second kappa shape index (κ2) is 9.04. The van der Waals surface area contributed by atoms with Gasteiger partial charge in [0.2, 0.25) is 5.91 Å². The smallest absolute Gasteiger partial charge is 0.409 e. The Labute approximate surface area is 150 Å². The number of carbonyl (C=O) groups excluding carboxylic acids is 2. The number of piperazine rings is 1. The highest BCUT2D eigenvalue weighted by Gasteiger charge is 2.41. The van der Waals surface area contributed by atoms with Crippen molar-refractivity contribution >= 4 is 23.4 Å². The van der Waals surface area contributed by atoms with Crippen LogP contribution in [0.1, 0.15) is 5.56 Å². The molecule has 0 aromatic heterocycles. The van der Waals surface area contributed by atoms with Gasteiger partial charge in [0.25, 0.3) is 0 Å². The van der Waals surface area contributed by atoms with E-state index in [1.54, 1.807) is 12.1 Å². The van der Waals surface area contributed by atoms with Crippen LogP contribution < -0.4 is 5.73 Å². The van der Waals surface area contributed by atoms with Crippen molar-refractivity contribution in [3.8, 4) is 0 Å². The number of primary amides is 1. The summed E-state index contributed by atoms with van der Waals surface area (Å²) in [7, 11) is 1.51. The van der Waals surface area contributed by atoms with Crippen molar-refractivity contribution in [3.63, 3.8) is 0 Å². The Bertz CT molecular complexity index is 598. The van der Waals surface area contributed by atoms with Gasteiger partial charge in [0.15, 0.2) is 10.9 Å². The minimum Gasteiger partial charge on any atom is -0.593 e. The second-order valence-electron chi connectivity index (χ2n) is 5.67. The number of hydrogen-bond donors (Lipinski definition) is 1. The first-order valence-electron chi connectivity index (χ1n) is 7.89. The number of methoxy groups -OCH3 is 1. The lowest BCUT2D eigenvalue weighted by Gasteiger charge is -2.38. The normalized spacial score (nSPS) is 19.5. The molecule has 0 aliphatic carbocycles. The first-order valence-corrected chi connectivity index (χ1v) is 9.00. The number of aryl methyl sites for hydroxylation is 1. The summed E-state index contributed by atoms with van der Waals surface area (Å²) in [5.74, 6) is -0.630. The molecule has 1 aromatic rings. The highest BCUT2D eigenvalue weighted by Crippen LogP contribution is 2.22. The maximum Gasteiger partial charge on any atom is 0.409 e. The van der Waals surface area contributed by atoms with E-state index in [2.05, 4.69) is 0 Å². The molecule has 1 saturated heterocycles. The third-order valence-corrected chi connectivity index (χ3v) is 5.40. The van der Waals surface area contributed by atoms with Crippen molar-refractivity contribution in [1.29, 1.82) is 0 Å². The van der Waals surface area contributed by atoms with Crippen LogP contribution in [-0.2, 0) is 25.6 Å². The molecular formula is C16H23N3O5S. The average molecular weight is 369 g/mol. The highest BCUT2D eigenvalue weighted by atomic mass is 32.2. The quantitative estimate of drug-likeness (QED) is 0.570. The standard InChI is InChI=1S/C16H23N3O5S/c1-12-3-5-13(6-4-12)25(22)19-8-7-18(11-14(19)15(17)20)16(21)24-10-9-23-2/h3-6,14H,7-11H2,1-2H3,(H2,17,20)/t14-,25?/m1/s1. The lowest BCUT2D eigenvalue weighted by atomic mass is 10.2. The van der Waals surface area contributed by atoms with E-state index in [9.17, 15) is 14.1 Å². The van der Waals surface area contributed by atoms with Gasteiger partial charge in [-0.25, -0.2) is 4.79 Å². The van der Waals surface area contributed by atoms with E-state index in [-0.39, 0.29) is 19.7 Å². The molecule has 138 valence electrons. The first kappa shape index (κ1) is 19.5. The Morgan fingerprint density at radius 2 is 1.96 bits per heavy atom. The average Bonchev–Trinajstić information content (AvgIpc) is 2.61. The Kier molecular flexibility index (Phi) is 7.06. The molecule has 2 rings (SSSR count). The van der Waals surface area contributed by atoms with Gasteiger partial charge in [0.05, 0.1) is 31.1 Å². The van der Waals surface area contributed by atoms with Crippen LogP contribution in [0.4, 0.5) is 4.79 Å². The zero-order valence-corrected chi connectivity index (χ0v) is 15.2. The molecule has 2 N–H and O–H groups in total. The van der Waals surface area contributed by atoms with Crippen LogP contribution in [0, 0.1) is 6.92 Å². The van der Waals surface area contributed by atoms with Gasteiger partial charge in [0.1, 0.15) is 6.61 Å². The maximum absolute atomic E-state index is 12.8. The number of nitrogens with two attached hydrogens (primary N) is 1. The number of carbonyl (C=O) groups is 2. The lowest BCUT2D eigenvalue weighted by Crippen LogP contribution is -2.60. The fourth-order valence-electron chi connectivity index (χ4n) is 2.46. The van der Waals surface area contributed by atoms with Crippen molar-refractivity contribution in [1.82, 2.24) is 9.21 Å². The minimum absolute atomic E-state index is 0.0404. The first-order chi connectivity index (χ1) is 11.9. The third kappa shape index (κ3) is 5.08. The monoisotopic (exact) mass is 369 g/mol. The molecule has 0 saturated carbocycles. The number of nitrogens with zero attached hydrogens (tertiary/aromatic N) is 2. The van der Waals surface area contributed by atoms with E-state index in [0.717, 1.165) is 5.56 Å². The summed E-state index contributed by atoms with van der Waals surface area (Å²) in [5.41, 5.74) is 6.52. The molecule has 8 nitrogen and oxygen atoms in total. The van der Waals surface area contributed by atoms with Crippen molar-refractivity contribution in [2.75, 3.05) is 40.0 Å². The van der Waals surface area contributed by atoms with Crippen LogP contribution in [0.15, 0.2) is 29.2 Å². The molecule has 1 heterocycles. The fraction of sp³-hybridized carbons (Fsp3) is 0.500. The van der Waals surface area contributed by atoms with Crippen LogP contribution in [-0.4, -0.2) is 71.8 Å². The van der Waals surface area contributed by atoms with Gasteiger partial charge < -0.3 is 24.7 Å². The fourth-order valence-corrected chi connectivity index (χ4v) is 3.74. The number of benzene rings is 1. The summed E-state index contributed by atoms with van der Waals surface area (Å²) < 4.78 is 24.2. The topological polar surface area (TPSA) is 108 Å². The molecule has 1 aliphatic heterocycles. The van der Waals surface area contributed by atoms with Crippen LogP contribution >= 0.6 is 0 Å². The second-order valence-corrected chi connectivity index (χ2v) is 7.11. The lowest BCUT2D eigenvalue weighted by molar-refractivity contribution is -0.123. The Morgan fingerprint density at radius 1 is 1.28 bits per heavy atom.